The molecular formula is C20H23IN4. The van der Waals surface area contributed by atoms with Crippen LogP contribution in [0.15, 0.2) is 71.9 Å². The molecule has 0 radical (unpaired) electrons. The van der Waals surface area contributed by atoms with E-state index in [-0.39, 0.29) is 30.0 Å². The molecule has 0 aliphatic rings. The predicted molar refractivity (Wildman–Crippen MR) is 115 cm³/mol. The maximum absolute atomic E-state index is 4.49. The molecule has 0 bridgehead atoms. The Balaban J connectivity index is 0.00000225. The molecule has 0 saturated carbocycles. The van der Waals surface area contributed by atoms with Gasteiger partial charge in [0.1, 0.15) is 0 Å². The highest BCUT2D eigenvalue weighted by Crippen LogP contribution is 2.16. The van der Waals surface area contributed by atoms with Gasteiger partial charge in [0.25, 0.3) is 0 Å². The summed E-state index contributed by atoms with van der Waals surface area (Å²) in [6, 6.07) is 20.8. The molecule has 2 N–H and O–H groups in total. The van der Waals surface area contributed by atoms with Gasteiger partial charge in [-0.25, -0.2) is 0 Å². The Kier molecular flexibility index (Phi) is 7.18. The second-order valence-corrected chi connectivity index (χ2v) is 5.69. The average Bonchev–Trinajstić information content (AvgIpc) is 2.65. The number of nitrogens with zero attached hydrogens (tertiary/aromatic N) is 2. The van der Waals surface area contributed by atoms with Gasteiger partial charge < -0.3 is 10.6 Å². The average molecular weight is 446 g/mol. The number of pyridine rings is 1. The summed E-state index contributed by atoms with van der Waals surface area (Å²) in [5.41, 5.74) is 3.41. The van der Waals surface area contributed by atoms with Crippen molar-refractivity contribution in [2.75, 3.05) is 7.05 Å². The summed E-state index contributed by atoms with van der Waals surface area (Å²) in [5, 5.41) is 7.95. The van der Waals surface area contributed by atoms with Crippen molar-refractivity contribution in [2.24, 2.45) is 4.99 Å². The number of nitrogens with one attached hydrogen (secondary N) is 2. The third-order valence-corrected chi connectivity index (χ3v) is 4.04. The van der Waals surface area contributed by atoms with Crippen LogP contribution in [0.5, 0.6) is 0 Å². The Hall–Kier alpha value is -2.15. The predicted octanol–water partition coefficient (Wildman–Crippen LogP) is 4.28. The lowest BCUT2D eigenvalue weighted by Gasteiger charge is -2.18. The highest BCUT2D eigenvalue weighted by molar-refractivity contribution is 14.0. The highest BCUT2D eigenvalue weighted by Gasteiger charge is 2.08. The fourth-order valence-corrected chi connectivity index (χ4v) is 2.71. The third-order valence-electron chi connectivity index (χ3n) is 4.04. The Labute approximate surface area is 165 Å². The van der Waals surface area contributed by atoms with E-state index >= 15 is 0 Å². The lowest BCUT2D eigenvalue weighted by atomic mass is 10.1. The van der Waals surface area contributed by atoms with Crippen LogP contribution in [-0.4, -0.2) is 18.0 Å². The topological polar surface area (TPSA) is 49.3 Å². The van der Waals surface area contributed by atoms with Crippen LogP contribution < -0.4 is 10.6 Å². The van der Waals surface area contributed by atoms with E-state index in [1.807, 2.05) is 30.5 Å². The van der Waals surface area contributed by atoms with Gasteiger partial charge in [-0.05, 0) is 24.1 Å². The second kappa shape index (κ2) is 9.36. The molecular weight excluding hydrogens is 423 g/mol. The van der Waals surface area contributed by atoms with E-state index in [1.54, 1.807) is 7.05 Å². The zero-order valence-corrected chi connectivity index (χ0v) is 16.8. The summed E-state index contributed by atoms with van der Waals surface area (Å²) in [4.78, 5) is 8.82. The molecule has 1 heterocycles. The maximum Gasteiger partial charge on any atom is 0.191 e. The summed E-state index contributed by atoms with van der Waals surface area (Å²) in [5.74, 6) is 0.777. The van der Waals surface area contributed by atoms with E-state index in [2.05, 4.69) is 63.9 Å². The normalized spacial score (nSPS) is 12.3. The number of halogens is 1. The van der Waals surface area contributed by atoms with Crippen LogP contribution in [0.25, 0.3) is 10.9 Å². The number of aliphatic imine (C=N–C) groups is 1. The lowest BCUT2D eigenvalue weighted by molar-refractivity contribution is 0.686. The summed E-state index contributed by atoms with van der Waals surface area (Å²) >= 11 is 0. The number of fused-ring (bicyclic) bond motifs is 1. The Bertz CT molecular complexity index is 828. The summed E-state index contributed by atoms with van der Waals surface area (Å²) in [7, 11) is 1.79. The second-order valence-electron chi connectivity index (χ2n) is 5.69. The molecule has 1 atom stereocenters. The summed E-state index contributed by atoms with van der Waals surface area (Å²) in [6.07, 6.45) is 1.83. The highest BCUT2D eigenvalue weighted by atomic mass is 127. The Morgan fingerprint density at radius 2 is 1.80 bits per heavy atom. The number of rotatable bonds is 4. The first kappa shape index (κ1) is 19.2. The van der Waals surface area contributed by atoms with Crippen LogP contribution >= 0.6 is 24.0 Å². The quantitative estimate of drug-likeness (QED) is 0.358. The number of aromatic nitrogens is 1. The third kappa shape index (κ3) is 4.92. The molecule has 3 rings (SSSR count). The first-order chi connectivity index (χ1) is 11.8. The van der Waals surface area contributed by atoms with Crippen LogP contribution in [0.3, 0.4) is 0 Å². The van der Waals surface area contributed by atoms with Crippen molar-refractivity contribution in [1.82, 2.24) is 15.6 Å². The Morgan fingerprint density at radius 3 is 2.56 bits per heavy atom. The molecule has 0 aliphatic heterocycles. The molecule has 0 amide bonds. The van der Waals surface area contributed by atoms with E-state index < -0.39 is 0 Å². The summed E-state index contributed by atoms with van der Waals surface area (Å²) < 4.78 is 0. The minimum absolute atomic E-state index is 0. The van der Waals surface area contributed by atoms with Crippen molar-refractivity contribution in [2.45, 2.75) is 19.5 Å². The maximum atomic E-state index is 4.49. The molecule has 0 fully saturated rings. The van der Waals surface area contributed by atoms with Crippen molar-refractivity contribution in [3.8, 4) is 0 Å². The standard InChI is InChI=1S/C20H22N4.HI/c1-15(16-8-4-3-5-9-16)24-20(21-2)23-14-18-11-6-10-17-12-7-13-22-19(17)18;/h3-13,15H,14H2,1-2H3,(H2,21,23,24);1H. The molecule has 3 aromatic rings. The number of guanidine groups is 1. The zero-order chi connectivity index (χ0) is 16.8. The Morgan fingerprint density at radius 1 is 1.04 bits per heavy atom. The molecule has 25 heavy (non-hydrogen) atoms. The van der Waals surface area contributed by atoms with Crippen molar-refractivity contribution in [3.63, 3.8) is 0 Å². The van der Waals surface area contributed by atoms with Crippen LogP contribution in [-0.2, 0) is 6.54 Å². The fraction of sp³-hybridized carbons (Fsp3) is 0.200. The first-order valence-electron chi connectivity index (χ1n) is 8.12. The van der Waals surface area contributed by atoms with Gasteiger partial charge in [0.15, 0.2) is 5.96 Å². The largest absolute Gasteiger partial charge is 0.352 e. The van der Waals surface area contributed by atoms with Gasteiger partial charge in [-0.1, -0.05) is 54.6 Å². The SMILES string of the molecule is CN=C(NCc1cccc2cccnc12)NC(C)c1ccccc1.I. The summed E-state index contributed by atoms with van der Waals surface area (Å²) in [6.45, 7) is 2.80. The van der Waals surface area contributed by atoms with Crippen molar-refractivity contribution < 1.29 is 0 Å². The van der Waals surface area contributed by atoms with Gasteiger partial charge in [0.05, 0.1) is 11.6 Å². The fourth-order valence-electron chi connectivity index (χ4n) is 2.71. The van der Waals surface area contributed by atoms with Gasteiger partial charge in [-0.2, -0.15) is 0 Å². The van der Waals surface area contributed by atoms with Crippen molar-refractivity contribution in [3.05, 3.63) is 78.0 Å². The number of para-hydroxylation sites is 1. The first-order valence-corrected chi connectivity index (χ1v) is 8.12. The van der Waals surface area contributed by atoms with Crippen LogP contribution in [0, 0.1) is 0 Å². The molecule has 0 aliphatic carbocycles. The van der Waals surface area contributed by atoms with Gasteiger partial charge in [-0.3, -0.25) is 9.98 Å². The number of hydrogen-bond acceptors (Lipinski definition) is 2. The minimum Gasteiger partial charge on any atom is -0.352 e. The van der Waals surface area contributed by atoms with Gasteiger partial charge in [0.2, 0.25) is 0 Å². The van der Waals surface area contributed by atoms with E-state index in [0.29, 0.717) is 6.54 Å². The van der Waals surface area contributed by atoms with E-state index in [1.165, 1.54) is 5.56 Å². The monoisotopic (exact) mass is 446 g/mol. The van der Waals surface area contributed by atoms with Crippen molar-refractivity contribution in [1.29, 1.82) is 0 Å². The number of hydrogen-bond donors (Lipinski definition) is 2. The molecule has 130 valence electrons. The van der Waals surface area contributed by atoms with Crippen LogP contribution in [0.4, 0.5) is 0 Å². The van der Waals surface area contributed by atoms with Gasteiger partial charge in [-0.15, -0.1) is 24.0 Å². The van der Waals surface area contributed by atoms with Gasteiger partial charge >= 0.3 is 0 Å². The van der Waals surface area contributed by atoms with E-state index in [4.69, 9.17) is 0 Å². The molecule has 1 unspecified atom stereocenters. The molecule has 0 saturated heterocycles. The van der Waals surface area contributed by atoms with Gasteiger partial charge in [0, 0.05) is 25.2 Å². The van der Waals surface area contributed by atoms with Crippen molar-refractivity contribution >= 4 is 40.8 Å². The lowest BCUT2D eigenvalue weighted by Crippen LogP contribution is -2.38. The molecule has 2 aromatic carbocycles. The van der Waals surface area contributed by atoms with E-state index in [0.717, 1.165) is 22.4 Å². The van der Waals surface area contributed by atoms with E-state index in [9.17, 15) is 0 Å². The smallest absolute Gasteiger partial charge is 0.191 e. The zero-order valence-electron chi connectivity index (χ0n) is 14.4. The molecule has 0 spiro atoms. The van der Waals surface area contributed by atoms with Crippen LogP contribution in [0.1, 0.15) is 24.1 Å². The number of benzene rings is 2. The molecule has 4 nitrogen and oxygen atoms in total. The minimum atomic E-state index is 0. The van der Waals surface area contributed by atoms with Crippen LogP contribution in [0.2, 0.25) is 0 Å². The molecule has 1 aromatic heterocycles. The molecule has 5 heteroatoms.